The van der Waals surface area contributed by atoms with Crippen molar-refractivity contribution >= 4 is 17.3 Å². The Morgan fingerprint density at radius 1 is 1.31 bits per heavy atom. The van der Waals surface area contributed by atoms with Gasteiger partial charge in [0.1, 0.15) is 5.75 Å². The number of alkyl halides is 3. The van der Waals surface area contributed by atoms with E-state index in [1.807, 2.05) is 0 Å². The Hall–Kier alpha value is -1.10. The maximum absolute atomic E-state index is 12.1. The van der Waals surface area contributed by atoms with Crippen LogP contribution in [0.2, 0.25) is 5.02 Å². The van der Waals surface area contributed by atoms with Gasteiger partial charge >= 0.3 is 6.18 Å². The first-order valence-electron chi connectivity index (χ1n) is 3.17. The molecule has 0 saturated heterocycles. The second-order valence-electron chi connectivity index (χ2n) is 2.39. The lowest BCUT2D eigenvalue weighted by Crippen LogP contribution is -2.06. The van der Waals surface area contributed by atoms with Crippen molar-refractivity contribution in [1.29, 1.82) is 0 Å². The number of aromatic hydroxyl groups is 1. The highest BCUT2D eigenvalue weighted by atomic mass is 35.5. The summed E-state index contributed by atoms with van der Waals surface area (Å²) < 4.78 is 36.3. The molecule has 0 aromatic heterocycles. The van der Waals surface area contributed by atoms with Crippen molar-refractivity contribution in [3.05, 3.63) is 22.7 Å². The Balaban J connectivity index is 3.32. The molecule has 1 rings (SSSR count). The number of hydrogen-bond acceptors (Lipinski definition) is 2. The fourth-order valence-corrected chi connectivity index (χ4v) is 0.964. The fourth-order valence-electron chi connectivity index (χ4n) is 0.807. The van der Waals surface area contributed by atoms with E-state index < -0.39 is 17.5 Å². The molecule has 0 atom stereocenters. The summed E-state index contributed by atoms with van der Waals surface area (Å²) in [6.45, 7) is 0. The standard InChI is InChI=1S/C7H5ClF3NO/c8-4-2-6(13)3(1-5(4)12)7(9,10)11/h1-2,13H,12H2. The van der Waals surface area contributed by atoms with E-state index in [0.29, 0.717) is 6.07 Å². The number of halogens is 4. The van der Waals surface area contributed by atoms with Crippen LogP contribution in [-0.2, 0) is 6.18 Å². The molecule has 0 unspecified atom stereocenters. The molecule has 0 aliphatic rings. The molecule has 0 aliphatic carbocycles. The highest BCUT2D eigenvalue weighted by molar-refractivity contribution is 6.33. The number of nitrogens with two attached hydrogens (primary N) is 1. The number of phenols is 1. The Morgan fingerprint density at radius 2 is 1.85 bits per heavy atom. The van der Waals surface area contributed by atoms with Crippen molar-refractivity contribution in [3.8, 4) is 5.75 Å². The third kappa shape index (κ3) is 1.98. The van der Waals surface area contributed by atoms with Crippen LogP contribution in [0.5, 0.6) is 5.75 Å². The number of nitrogen functional groups attached to an aromatic ring is 1. The van der Waals surface area contributed by atoms with Crippen molar-refractivity contribution in [2.45, 2.75) is 6.18 Å². The van der Waals surface area contributed by atoms with Gasteiger partial charge in [0.25, 0.3) is 0 Å². The summed E-state index contributed by atoms with van der Waals surface area (Å²) in [5.41, 5.74) is 3.74. The molecular weight excluding hydrogens is 207 g/mol. The van der Waals surface area contributed by atoms with E-state index in [-0.39, 0.29) is 10.7 Å². The maximum atomic E-state index is 12.1. The molecule has 0 aliphatic heterocycles. The molecule has 0 saturated carbocycles. The van der Waals surface area contributed by atoms with E-state index >= 15 is 0 Å². The molecule has 13 heavy (non-hydrogen) atoms. The Labute approximate surface area is 76.7 Å². The molecule has 72 valence electrons. The molecule has 0 fully saturated rings. The summed E-state index contributed by atoms with van der Waals surface area (Å²) in [5.74, 6) is -0.924. The summed E-state index contributed by atoms with van der Waals surface area (Å²) in [7, 11) is 0. The summed E-state index contributed by atoms with van der Waals surface area (Å²) in [4.78, 5) is 0. The number of benzene rings is 1. The van der Waals surface area contributed by atoms with Crippen LogP contribution >= 0.6 is 11.6 Å². The first-order valence-corrected chi connectivity index (χ1v) is 3.55. The third-order valence-corrected chi connectivity index (χ3v) is 1.75. The lowest BCUT2D eigenvalue weighted by molar-refractivity contribution is -0.138. The molecule has 0 amide bonds. The van der Waals surface area contributed by atoms with E-state index in [0.717, 1.165) is 6.07 Å². The Kier molecular flexibility index (Phi) is 2.30. The van der Waals surface area contributed by atoms with Crippen molar-refractivity contribution in [1.82, 2.24) is 0 Å². The van der Waals surface area contributed by atoms with Gasteiger partial charge in [-0.3, -0.25) is 0 Å². The summed E-state index contributed by atoms with van der Waals surface area (Å²) in [6.07, 6.45) is -4.62. The summed E-state index contributed by atoms with van der Waals surface area (Å²) >= 11 is 5.38. The SMILES string of the molecule is Nc1cc(C(F)(F)F)c(O)cc1Cl. The molecule has 0 bridgehead atoms. The quantitative estimate of drug-likeness (QED) is 0.512. The predicted octanol–water partition coefficient (Wildman–Crippen LogP) is 2.65. The molecule has 3 N–H and O–H groups in total. The minimum Gasteiger partial charge on any atom is -0.507 e. The van der Waals surface area contributed by atoms with Gasteiger partial charge in [-0.25, -0.2) is 0 Å². The normalized spacial score (nSPS) is 11.7. The number of rotatable bonds is 0. The molecular formula is C7H5ClF3NO. The van der Waals surface area contributed by atoms with E-state index in [4.69, 9.17) is 22.4 Å². The van der Waals surface area contributed by atoms with E-state index in [1.165, 1.54) is 0 Å². The van der Waals surface area contributed by atoms with Gasteiger partial charge in [0.2, 0.25) is 0 Å². The number of anilines is 1. The maximum Gasteiger partial charge on any atom is 0.420 e. The van der Waals surface area contributed by atoms with E-state index in [1.54, 1.807) is 0 Å². The van der Waals surface area contributed by atoms with Gasteiger partial charge in [0.15, 0.2) is 0 Å². The average Bonchev–Trinajstić information content (AvgIpc) is 1.94. The topological polar surface area (TPSA) is 46.2 Å². The van der Waals surface area contributed by atoms with Crippen LogP contribution in [-0.4, -0.2) is 5.11 Å². The van der Waals surface area contributed by atoms with E-state index in [9.17, 15) is 13.2 Å². The van der Waals surface area contributed by atoms with Crippen LogP contribution in [0.15, 0.2) is 12.1 Å². The molecule has 6 heteroatoms. The minimum absolute atomic E-state index is 0.106. The molecule has 0 heterocycles. The second kappa shape index (κ2) is 2.99. The van der Waals surface area contributed by atoms with Gasteiger partial charge in [-0.2, -0.15) is 13.2 Å². The third-order valence-electron chi connectivity index (χ3n) is 1.42. The van der Waals surface area contributed by atoms with Gasteiger partial charge in [0, 0.05) is 6.07 Å². The lowest BCUT2D eigenvalue weighted by Gasteiger charge is -2.10. The second-order valence-corrected chi connectivity index (χ2v) is 2.80. The van der Waals surface area contributed by atoms with Gasteiger partial charge in [0.05, 0.1) is 16.3 Å². The van der Waals surface area contributed by atoms with Crippen LogP contribution < -0.4 is 5.73 Å². The monoisotopic (exact) mass is 211 g/mol. The van der Waals surface area contributed by atoms with Crippen molar-refractivity contribution < 1.29 is 18.3 Å². The van der Waals surface area contributed by atoms with Crippen molar-refractivity contribution in [3.63, 3.8) is 0 Å². The largest absolute Gasteiger partial charge is 0.507 e. The lowest BCUT2D eigenvalue weighted by atomic mass is 10.1. The van der Waals surface area contributed by atoms with Crippen LogP contribution in [0.1, 0.15) is 5.56 Å². The highest BCUT2D eigenvalue weighted by Gasteiger charge is 2.34. The highest BCUT2D eigenvalue weighted by Crippen LogP contribution is 2.39. The Bertz CT molecular complexity index is 337. The molecule has 0 radical (unpaired) electrons. The summed E-state index contributed by atoms with van der Waals surface area (Å²) in [6, 6.07) is 1.36. The zero-order valence-corrected chi connectivity index (χ0v) is 6.95. The van der Waals surface area contributed by atoms with Gasteiger partial charge in [-0.15, -0.1) is 0 Å². The van der Waals surface area contributed by atoms with Crippen molar-refractivity contribution in [2.24, 2.45) is 0 Å². The first kappa shape index (κ1) is 9.98. The number of hydrogen-bond donors (Lipinski definition) is 2. The van der Waals surface area contributed by atoms with Crippen molar-refractivity contribution in [2.75, 3.05) is 5.73 Å². The Morgan fingerprint density at radius 3 is 2.31 bits per heavy atom. The van der Waals surface area contributed by atoms with Gasteiger partial charge in [-0.05, 0) is 6.07 Å². The molecule has 0 spiro atoms. The van der Waals surface area contributed by atoms with Gasteiger partial charge in [-0.1, -0.05) is 11.6 Å². The smallest absolute Gasteiger partial charge is 0.420 e. The van der Waals surface area contributed by atoms with Gasteiger partial charge < -0.3 is 10.8 Å². The molecule has 2 nitrogen and oxygen atoms in total. The molecule has 1 aromatic rings. The fraction of sp³-hybridized carbons (Fsp3) is 0.143. The van der Waals surface area contributed by atoms with Crippen LogP contribution in [0, 0.1) is 0 Å². The number of phenolic OH excluding ortho intramolecular Hbond substituents is 1. The first-order chi connectivity index (χ1) is 5.82. The minimum atomic E-state index is -4.62. The average molecular weight is 212 g/mol. The zero-order chi connectivity index (χ0) is 10.2. The predicted molar refractivity (Wildman–Crippen MR) is 42.5 cm³/mol. The van der Waals surface area contributed by atoms with Crippen LogP contribution in [0.25, 0.3) is 0 Å². The zero-order valence-electron chi connectivity index (χ0n) is 6.19. The summed E-state index contributed by atoms with van der Waals surface area (Å²) in [5, 5.41) is 8.79. The van der Waals surface area contributed by atoms with Crippen LogP contribution in [0.3, 0.4) is 0 Å². The van der Waals surface area contributed by atoms with E-state index in [2.05, 4.69) is 0 Å². The van der Waals surface area contributed by atoms with Crippen LogP contribution in [0.4, 0.5) is 18.9 Å². The molecule has 1 aromatic carbocycles.